The standard InChI is InChI=1S/C13H26O/c1-5-7-13(14)10-12(4)9-6-8-11(2)3/h7,11-12,14H,5-6,8-10H2,1-4H3. The molecule has 0 aliphatic heterocycles. The fraction of sp³-hybridized carbons (Fsp3) is 0.846. The van der Waals surface area contributed by atoms with Crippen molar-refractivity contribution in [3.05, 3.63) is 11.8 Å². The van der Waals surface area contributed by atoms with Gasteiger partial charge in [0.05, 0.1) is 5.76 Å². The van der Waals surface area contributed by atoms with E-state index in [1.165, 1.54) is 19.3 Å². The van der Waals surface area contributed by atoms with E-state index in [9.17, 15) is 5.11 Å². The van der Waals surface area contributed by atoms with Gasteiger partial charge in [-0.3, -0.25) is 0 Å². The van der Waals surface area contributed by atoms with Crippen LogP contribution in [0.25, 0.3) is 0 Å². The van der Waals surface area contributed by atoms with Crippen LogP contribution < -0.4 is 0 Å². The average molecular weight is 198 g/mol. The molecule has 0 saturated carbocycles. The molecule has 0 aromatic rings. The van der Waals surface area contributed by atoms with Crippen molar-refractivity contribution in [2.45, 2.75) is 59.8 Å². The molecular weight excluding hydrogens is 172 g/mol. The van der Waals surface area contributed by atoms with Gasteiger partial charge in [-0.25, -0.2) is 0 Å². The molecule has 0 spiro atoms. The monoisotopic (exact) mass is 198 g/mol. The Bertz CT molecular complexity index is 159. The Morgan fingerprint density at radius 3 is 2.36 bits per heavy atom. The molecule has 0 aliphatic rings. The number of rotatable bonds is 7. The van der Waals surface area contributed by atoms with Gasteiger partial charge in [0.25, 0.3) is 0 Å². The number of aliphatic hydroxyl groups excluding tert-OH is 1. The summed E-state index contributed by atoms with van der Waals surface area (Å²) in [5.74, 6) is 2.00. The molecule has 0 amide bonds. The minimum atomic E-state index is 0.574. The van der Waals surface area contributed by atoms with E-state index in [0.29, 0.717) is 11.7 Å². The maximum absolute atomic E-state index is 9.49. The summed E-state index contributed by atoms with van der Waals surface area (Å²) < 4.78 is 0. The normalized spacial score (nSPS) is 14.8. The molecular formula is C13H26O. The minimum absolute atomic E-state index is 0.574. The van der Waals surface area contributed by atoms with Crippen molar-refractivity contribution in [3.63, 3.8) is 0 Å². The van der Waals surface area contributed by atoms with Crippen molar-refractivity contribution in [1.29, 1.82) is 0 Å². The molecule has 0 aromatic carbocycles. The predicted molar refractivity (Wildman–Crippen MR) is 63.5 cm³/mol. The highest BCUT2D eigenvalue weighted by molar-refractivity contribution is 4.90. The van der Waals surface area contributed by atoms with Gasteiger partial charge in [-0.2, -0.15) is 0 Å². The molecule has 0 fully saturated rings. The van der Waals surface area contributed by atoms with Crippen LogP contribution in [0.5, 0.6) is 0 Å². The Kier molecular flexibility index (Phi) is 7.64. The van der Waals surface area contributed by atoms with Crippen LogP contribution in [0.2, 0.25) is 0 Å². The molecule has 1 nitrogen and oxygen atoms in total. The molecule has 1 atom stereocenters. The molecule has 84 valence electrons. The highest BCUT2D eigenvalue weighted by Crippen LogP contribution is 2.18. The zero-order valence-electron chi connectivity index (χ0n) is 10.2. The van der Waals surface area contributed by atoms with Gasteiger partial charge >= 0.3 is 0 Å². The van der Waals surface area contributed by atoms with Crippen molar-refractivity contribution < 1.29 is 5.11 Å². The van der Waals surface area contributed by atoms with Gasteiger partial charge in [0.1, 0.15) is 0 Å². The van der Waals surface area contributed by atoms with Crippen LogP contribution in [0, 0.1) is 11.8 Å². The highest BCUT2D eigenvalue weighted by Gasteiger charge is 2.05. The van der Waals surface area contributed by atoms with Crippen LogP contribution in [-0.4, -0.2) is 5.11 Å². The van der Waals surface area contributed by atoms with E-state index in [2.05, 4.69) is 27.7 Å². The van der Waals surface area contributed by atoms with Crippen molar-refractivity contribution in [3.8, 4) is 0 Å². The summed E-state index contributed by atoms with van der Waals surface area (Å²) >= 11 is 0. The third kappa shape index (κ3) is 8.15. The summed E-state index contributed by atoms with van der Waals surface area (Å²) in [4.78, 5) is 0. The summed E-state index contributed by atoms with van der Waals surface area (Å²) in [6.07, 6.45) is 7.54. The Hall–Kier alpha value is -0.460. The number of allylic oxidation sites excluding steroid dienone is 2. The maximum Gasteiger partial charge on any atom is 0.0885 e. The fourth-order valence-corrected chi connectivity index (χ4v) is 1.65. The summed E-state index contributed by atoms with van der Waals surface area (Å²) in [7, 11) is 0. The molecule has 0 heterocycles. The predicted octanol–water partition coefficient (Wildman–Crippen LogP) is 4.69. The highest BCUT2D eigenvalue weighted by atomic mass is 16.3. The van der Waals surface area contributed by atoms with Crippen LogP contribution in [0.15, 0.2) is 11.8 Å². The van der Waals surface area contributed by atoms with Crippen molar-refractivity contribution in [1.82, 2.24) is 0 Å². The second kappa shape index (κ2) is 7.90. The van der Waals surface area contributed by atoms with Crippen LogP contribution in [0.3, 0.4) is 0 Å². The molecule has 1 unspecified atom stereocenters. The third-order valence-corrected chi connectivity index (χ3v) is 2.48. The first-order chi connectivity index (χ1) is 6.56. The number of hydrogen-bond acceptors (Lipinski definition) is 1. The van der Waals surface area contributed by atoms with Crippen LogP contribution in [-0.2, 0) is 0 Å². The van der Waals surface area contributed by atoms with Crippen LogP contribution in [0.1, 0.15) is 59.8 Å². The van der Waals surface area contributed by atoms with Gasteiger partial charge < -0.3 is 5.11 Å². The van der Waals surface area contributed by atoms with Crippen molar-refractivity contribution >= 4 is 0 Å². The smallest absolute Gasteiger partial charge is 0.0885 e. The molecule has 1 heteroatoms. The quantitative estimate of drug-likeness (QED) is 0.588. The SMILES string of the molecule is CCC=C(O)CC(C)CCCC(C)C. The Morgan fingerprint density at radius 2 is 1.86 bits per heavy atom. The fourth-order valence-electron chi connectivity index (χ4n) is 1.65. The van der Waals surface area contributed by atoms with E-state index >= 15 is 0 Å². The lowest BCUT2D eigenvalue weighted by Crippen LogP contribution is -1.98. The van der Waals surface area contributed by atoms with Gasteiger partial charge in [0.2, 0.25) is 0 Å². The zero-order chi connectivity index (χ0) is 11.0. The second-order valence-corrected chi connectivity index (χ2v) is 4.74. The van der Waals surface area contributed by atoms with Crippen LogP contribution >= 0.6 is 0 Å². The van der Waals surface area contributed by atoms with E-state index in [4.69, 9.17) is 0 Å². The lowest BCUT2D eigenvalue weighted by atomic mass is 9.96. The Labute approximate surface area is 89.2 Å². The van der Waals surface area contributed by atoms with Gasteiger partial charge in [0.15, 0.2) is 0 Å². The third-order valence-electron chi connectivity index (χ3n) is 2.48. The lowest BCUT2D eigenvalue weighted by Gasteiger charge is -2.11. The molecule has 14 heavy (non-hydrogen) atoms. The second-order valence-electron chi connectivity index (χ2n) is 4.74. The van der Waals surface area contributed by atoms with Gasteiger partial charge in [0, 0.05) is 6.42 Å². The van der Waals surface area contributed by atoms with E-state index in [1.807, 2.05) is 6.08 Å². The van der Waals surface area contributed by atoms with Gasteiger partial charge in [-0.15, -0.1) is 0 Å². The molecule has 0 radical (unpaired) electrons. The molecule has 0 aliphatic carbocycles. The largest absolute Gasteiger partial charge is 0.513 e. The van der Waals surface area contributed by atoms with E-state index in [1.54, 1.807) is 0 Å². The molecule has 0 aromatic heterocycles. The van der Waals surface area contributed by atoms with Crippen molar-refractivity contribution in [2.75, 3.05) is 0 Å². The van der Waals surface area contributed by atoms with E-state index in [0.717, 1.165) is 18.8 Å². The summed E-state index contributed by atoms with van der Waals surface area (Å²) in [5, 5.41) is 9.49. The first kappa shape index (κ1) is 13.5. The topological polar surface area (TPSA) is 20.2 Å². The number of aliphatic hydroxyl groups is 1. The van der Waals surface area contributed by atoms with Gasteiger partial charge in [-0.05, 0) is 24.3 Å². The molecule has 1 N–H and O–H groups in total. The first-order valence-electron chi connectivity index (χ1n) is 5.94. The van der Waals surface area contributed by atoms with E-state index in [-0.39, 0.29) is 0 Å². The van der Waals surface area contributed by atoms with Crippen molar-refractivity contribution in [2.24, 2.45) is 11.8 Å². The van der Waals surface area contributed by atoms with Crippen LogP contribution in [0.4, 0.5) is 0 Å². The van der Waals surface area contributed by atoms with Gasteiger partial charge in [-0.1, -0.05) is 47.0 Å². The minimum Gasteiger partial charge on any atom is -0.513 e. The Morgan fingerprint density at radius 1 is 1.21 bits per heavy atom. The summed E-state index contributed by atoms with van der Waals surface area (Å²) in [6.45, 7) is 8.80. The van der Waals surface area contributed by atoms with E-state index < -0.39 is 0 Å². The molecule has 0 rings (SSSR count). The molecule has 0 saturated heterocycles. The Balaban J connectivity index is 3.54. The maximum atomic E-state index is 9.49. The number of hydrogen-bond donors (Lipinski definition) is 1. The first-order valence-corrected chi connectivity index (χ1v) is 5.94. The molecule has 0 bridgehead atoms. The zero-order valence-corrected chi connectivity index (χ0v) is 10.2. The summed E-state index contributed by atoms with van der Waals surface area (Å²) in [5.41, 5.74) is 0. The summed E-state index contributed by atoms with van der Waals surface area (Å²) in [6, 6.07) is 0. The lowest BCUT2D eigenvalue weighted by molar-refractivity contribution is 0.341. The average Bonchev–Trinajstić information content (AvgIpc) is 2.03.